The standard InChI is InChI=1S/C20H27F2NO4S/c1-2-3-4-6-15(24)9-8-14-13-20(21,22)19(27)23(14)12-5-7-16-10-11-17(28-16)18(25)26/h8-11,14-15,24H,2-7,12-13H2,1H3,(H,25,26)/t14-,15?/m0/s1. The number of carboxylic acids is 1. The first kappa shape index (κ1) is 22.5. The van der Waals surface area contributed by atoms with E-state index in [0.717, 1.165) is 35.5 Å². The Morgan fingerprint density at radius 1 is 1.39 bits per heavy atom. The van der Waals surface area contributed by atoms with Crippen LogP contribution in [-0.4, -0.2) is 51.6 Å². The second-order valence-electron chi connectivity index (χ2n) is 7.10. The normalized spacial score (nSPS) is 20.2. The Labute approximate surface area is 167 Å². The number of halogens is 2. The number of amides is 1. The third kappa shape index (κ3) is 6.10. The van der Waals surface area contributed by atoms with E-state index in [4.69, 9.17) is 5.11 Å². The predicted molar refractivity (Wildman–Crippen MR) is 104 cm³/mol. The predicted octanol–water partition coefficient (Wildman–Crippen LogP) is 4.11. The van der Waals surface area contributed by atoms with Crippen molar-refractivity contribution in [3.05, 3.63) is 34.0 Å². The zero-order valence-corrected chi connectivity index (χ0v) is 16.8. The number of unbranched alkanes of at least 4 members (excludes halogenated alkanes) is 2. The fraction of sp³-hybridized carbons (Fsp3) is 0.600. The molecule has 1 amide bonds. The molecule has 0 bridgehead atoms. The van der Waals surface area contributed by atoms with Crippen LogP contribution >= 0.6 is 11.3 Å². The highest BCUT2D eigenvalue weighted by Crippen LogP contribution is 2.34. The highest BCUT2D eigenvalue weighted by molar-refractivity contribution is 7.13. The molecule has 5 nitrogen and oxygen atoms in total. The van der Waals surface area contributed by atoms with E-state index in [1.165, 1.54) is 23.1 Å². The van der Waals surface area contributed by atoms with Gasteiger partial charge in [0.05, 0.1) is 12.1 Å². The topological polar surface area (TPSA) is 77.8 Å². The molecule has 0 spiro atoms. The summed E-state index contributed by atoms with van der Waals surface area (Å²) >= 11 is 1.15. The minimum Gasteiger partial charge on any atom is -0.477 e. The highest BCUT2D eigenvalue weighted by Gasteiger charge is 2.52. The quantitative estimate of drug-likeness (QED) is 0.421. The van der Waals surface area contributed by atoms with Gasteiger partial charge in [-0.25, -0.2) is 4.79 Å². The van der Waals surface area contributed by atoms with E-state index in [1.807, 2.05) is 0 Å². The van der Waals surface area contributed by atoms with Gasteiger partial charge in [-0.1, -0.05) is 38.3 Å². The number of rotatable bonds is 11. The summed E-state index contributed by atoms with van der Waals surface area (Å²) in [6.45, 7) is 2.22. The molecule has 0 radical (unpaired) electrons. The van der Waals surface area contributed by atoms with E-state index in [0.29, 0.717) is 19.3 Å². The number of thiophene rings is 1. The van der Waals surface area contributed by atoms with Crippen LogP contribution in [0.2, 0.25) is 0 Å². The average Bonchev–Trinajstić information content (AvgIpc) is 3.18. The second-order valence-corrected chi connectivity index (χ2v) is 8.27. The van der Waals surface area contributed by atoms with E-state index in [9.17, 15) is 23.5 Å². The molecular formula is C20H27F2NO4S. The third-order valence-electron chi connectivity index (χ3n) is 4.79. The van der Waals surface area contributed by atoms with Gasteiger partial charge in [0.25, 0.3) is 5.91 Å². The summed E-state index contributed by atoms with van der Waals surface area (Å²) in [5.74, 6) is -5.56. The zero-order chi connectivity index (χ0) is 20.7. The van der Waals surface area contributed by atoms with Crippen molar-refractivity contribution >= 4 is 23.2 Å². The van der Waals surface area contributed by atoms with E-state index in [2.05, 4.69) is 6.92 Å². The number of hydrogen-bond donors (Lipinski definition) is 2. The third-order valence-corrected chi connectivity index (χ3v) is 5.93. The van der Waals surface area contributed by atoms with E-state index >= 15 is 0 Å². The Morgan fingerprint density at radius 3 is 2.79 bits per heavy atom. The summed E-state index contributed by atoms with van der Waals surface area (Å²) in [6.07, 6.45) is 6.22. The molecule has 0 aromatic carbocycles. The maximum absolute atomic E-state index is 13.9. The molecule has 8 heteroatoms. The average molecular weight is 416 g/mol. The fourth-order valence-corrected chi connectivity index (χ4v) is 4.16. The first-order chi connectivity index (χ1) is 13.2. The lowest BCUT2D eigenvalue weighted by Crippen LogP contribution is -2.36. The van der Waals surface area contributed by atoms with Crippen LogP contribution in [0.25, 0.3) is 0 Å². The van der Waals surface area contributed by atoms with Crippen LogP contribution in [0.3, 0.4) is 0 Å². The van der Waals surface area contributed by atoms with Gasteiger partial charge in [-0.05, 0) is 31.4 Å². The smallest absolute Gasteiger partial charge is 0.345 e. The number of likely N-dealkylation sites (tertiary alicyclic amines) is 1. The summed E-state index contributed by atoms with van der Waals surface area (Å²) in [5.41, 5.74) is 0. The van der Waals surface area contributed by atoms with Gasteiger partial charge in [0, 0.05) is 17.8 Å². The Balaban J connectivity index is 1.92. The number of aryl methyl sites for hydroxylation is 1. The van der Waals surface area contributed by atoms with Crippen molar-refractivity contribution < 1.29 is 28.6 Å². The van der Waals surface area contributed by atoms with Crippen molar-refractivity contribution in [1.82, 2.24) is 4.90 Å². The lowest BCUT2D eigenvalue weighted by molar-refractivity contribution is -0.148. The molecule has 1 saturated heterocycles. The van der Waals surface area contributed by atoms with Crippen molar-refractivity contribution in [1.29, 1.82) is 0 Å². The second kappa shape index (κ2) is 10.1. The maximum atomic E-state index is 13.9. The molecule has 1 fully saturated rings. The van der Waals surface area contributed by atoms with E-state index in [1.54, 1.807) is 6.07 Å². The molecule has 0 aliphatic carbocycles. The van der Waals surface area contributed by atoms with Crippen LogP contribution in [0.4, 0.5) is 8.78 Å². The van der Waals surface area contributed by atoms with Crippen LogP contribution < -0.4 is 0 Å². The van der Waals surface area contributed by atoms with Crippen molar-refractivity contribution in [3.63, 3.8) is 0 Å². The Bertz CT molecular complexity index is 704. The largest absolute Gasteiger partial charge is 0.477 e. The first-order valence-corrected chi connectivity index (χ1v) is 10.4. The van der Waals surface area contributed by atoms with E-state index in [-0.39, 0.29) is 11.4 Å². The fourth-order valence-electron chi connectivity index (χ4n) is 3.27. The molecule has 2 heterocycles. The monoisotopic (exact) mass is 415 g/mol. The summed E-state index contributed by atoms with van der Waals surface area (Å²) in [5, 5.41) is 18.9. The van der Waals surface area contributed by atoms with E-state index < -0.39 is 36.4 Å². The van der Waals surface area contributed by atoms with Gasteiger partial charge in [-0.2, -0.15) is 8.78 Å². The molecule has 156 valence electrons. The summed E-state index contributed by atoms with van der Waals surface area (Å²) < 4.78 is 27.8. The summed E-state index contributed by atoms with van der Waals surface area (Å²) in [4.78, 5) is 25.2. The molecule has 0 saturated carbocycles. The molecular weight excluding hydrogens is 388 g/mol. The number of carboxylic acid groups (broad SMARTS) is 1. The Morgan fingerprint density at radius 2 is 2.14 bits per heavy atom. The molecule has 1 aromatic rings. The van der Waals surface area contributed by atoms with Crippen LogP contribution in [-0.2, 0) is 11.2 Å². The van der Waals surface area contributed by atoms with Gasteiger partial charge in [-0.15, -0.1) is 11.3 Å². The molecule has 1 aliphatic rings. The van der Waals surface area contributed by atoms with Crippen LogP contribution in [0.5, 0.6) is 0 Å². The minimum absolute atomic E-state index is 0.162. The van der Waals surface area contributed by atoms with Gasteiger partial charge >= 0.3 is 11.9 Å². The number of aromatic carboxylic acids is 1. The molecule has 28 heavy (non-hydrogen) atoms. The number of alkyl halides is 2. The van der Waals surface area contributed by atoms with Crippen LogP contribution in [0, 0.1) is 0 Å². The van der Waals surface area contributed by atoms with Gasteiger partial charge in [0.2, 0.25) is 0 Å². The van der Waals surface area contributed by atoms with Crippen molar-refractivity contribution in [2.45, 2.75) is 69.9 Å². The van der Waals surface area contributed by atoms with Crippen LogP contribution in [0.15, 0.2) is 24.3 Å². The SMILES string of the molecule is CCCCCC(O)C=C[C@H]1CC(F)(F)C(=O)N1CCCc1ccc(C(=O)O)s1. The molecule has 2 N–H and O–H groups in total. The van der Waals surface area contributed by atoms with Gasteiger partial charge in [0.15, 0.2) is 0 Å². The molecule has 1 unspecified atom stereocenters. The number of carbonyl (C=O) groups excluding carboxylic acids is 1. The van der Waals surface area contributed by atoms with Crippen LogP contribution in [0.1, 0.15) is 60.0 Å². The molecule has 1 aliphatic heterocycles. The number of hydrogen-bond acceptors (Lipinski definition) is 4. The van der Waals surface area contributed by atoms with Crippen molar-refractivity contribution in [2.75, 3.05) is 6.54 Å². The lowest BCUT2D eigenvalue weighted by atomic mass is 10.1. The molecule has 2 atom stereocenters. The lowest BCUT2D eigenvalue weighted by Gasteiger charge is -2.21. The van der Waals surface area contributed by atoms with Crippen molar-refractivity contribution in [2.24, 2.45) is 0 Å². The molecule has 1 aromatic heterocycles. The zero-order valence-electron chi connectivity index (χ0n) is 15.9. The number of aliphatic hydroxyl groups is 1. The summed E-state index contributed by atoms with van der Waals surface area (Å²) in [7, 11) is 0. The molecule has 2 rings (SSSR count). The first-order valence-electron chi connectivity index (χ1n) is 9.62. The van der Waals surface area contributed by atoms with Gasteiger partial charge in [0.1, 0.15) is 4.88 Å². The number of carbonyl (C=O) groups is 2. The highest BCUT2D eigenvalue weighted by atomic mass is 32.1. The Hall–Kier alpha value is -1.80. The Kier molecular flexibility index (Phi) is 8.12. The number of aliphatic hydroxyl groups excluding tert-OH is 1. The van der Waals surface area contributed by atoms with Gasteiger partial charge in [-0.3, -0.25) is 4.79 Å². The van der Waals surface area contributed by atoms with Gasteiger partial charge < -0.3 is 15.1 Å². The number of nitrogens with zero attached hydrogens (tertiary/aromatic N) is 1. The van der Waals surface area contributed by atoms with Crippen molar-refractivity contribution in [3.8, 4) is 0 Å². The maximum Gasteiger partial charge on any atom is 0.345 e. The summed E-state index contributed by atoms with van der Waals surface area (Å²) in [6, 6.07) is 2.49. The minimum atomic E-state index is -3.39.